The average Bonchev–Trinajstić information content (AvgIpc) is 3.51. The van der Waals surface area contributed by atoms with E-state index in [0.29, 0.717) is 46.2 Å². The summed E-state index contributed by atoms with van der Waals surface area (Å²) < 4.78 is 65.5. The lowest BCUT2D eigenvalue weighted by Gasteiger charge is -2.57. The summed E-state index contributed by atoms with van der Waals surface area (Å²) in [7, 11) is 2.07. The maximum absolute atomic E-state index is 14.7. The van der Waals surface area contributed by atoms with Crippen LogP contribution in [0.2, 0.25) is 0 Å². The Hall–Kier alpha value is -3.71. The zero-order chi connectivity index (χ0) is 32.8. The summed E-state index contributed by atoms with van der Waals surface area (Å²) in [6, 6.07) is 8.05. The number of ether oxygens (including phenoxy) is 1. The van der Waals surface area contributed by atoms with Gasteiger partial charge in [-0.2, -0.15) is 0 Å². The van der Waals surface area contributed by atoms with Crippen LogP contribution < -0.4 is 9.64 Å². The molecule has 2 aliphatic heterocycles. The first-order valence-corrected chi connectivity index (χ1v) is 16.9. The van der Waals surface area contributed by atoms with Gasteiger partial charge < -0.3 is 19.3 Å². The predicted molar refractivity (Wildman–Crippen MR) is 167 cm³/mol. The number of carbonyl (C=O) groups is 1. The zero-order valence-electron chi connectivity index (χ0n) is 25.9. The summed E-state index contributed by atoms with van der Waals surface area (Å²) >= 11 is 1.36. The number of thiazole rings is 1. The standard InChI is InChI=1S/C34H34F4N4O4S/c1-17-4-3-5-25(45-34(36,37)38)27(17)28-23(30(46-40-28)18-6-7-18)16-41(2)22-14-33(15-22)12-20-8-9-21(13-33)42(20)32-39-29-24(35)10-19(31(43)44)11-26(29)47-32/h3-5,10-11,18,20-22H,6-9,12-16H2,1-2H3,(H,43,44). The first-order chi connectivity index (χ1) is 22.4. The van der Waals surface area contributed by atoms with Crippen LogP contribution in [0.4, 0.5) is 22.7 Å². The second-order valence-electron chi connectivity index (χ2n) is 13.9. The quantitative estimate of drug-likeness (QED) is 0.187. The molecule has 2 aromatic carbocycles. The van der Waals surface area contributed by atoms with E-state index in [9.17, 15) is 27.5 Å². The van der Waals surface area contributed by atoms with Crippen LogP contribution in [0.25, 0.3) is 21.5 Å². The highest BCUT2D eigenvalue weighted by Crippen LogP contribution is 2.58. The highest BCUT2D eigenvalue weighted by Gasteiger charge is 2.55. The molecule has 47 heavy (non-hydrogen) atoms. The van der Waals surface area contributed by atoms with Crippen molar-refractivity contribution in [2.75, 3.05) is 11.9 Å². The fourth-order valence-electron chi connectivity index (χ4n) is 8.42. The number of nitrogens with zero attached hydrogens (tertiary/aromatic N) is 4. The summed E-state index contributed by atoms with van der Waals surface area (Å²) in [6.07, 6.45) is 3.26. The number of hydrogen-bond acceptors (Lipinski definition) is 8. The minimum absolute atomic E-state index is 0.0769. The van der Waals surface area contributed by atoms with E-state index in [1.165, 1.54) is 23.5 Å². The molecule has 0 radical (unpaired) electrons. The van der Waals surface area contributed by atoms with Gasteiger partial charge in [-0.3, -0.25) is 4.90 Å². The number of aromatic nitrogens is 2. The third-order valence-electron chi connectivity index (χ3n) is 10.7. The van der Waals surface area contributed by atoms with Crippen molar-refractivity contribution in [2.24, 2.45) is 5.41 Å². The first kappa shape index (κ1) is 30.6. The van der Waals surface area contributed by atoms with Gasteiger partial charge in [-0.15, -0.1) is 13.2 Å². The van der Waals surface area contributed by atoms with Crippen LogP contribution in [0.5, 0.6) is 5.75 Å². The third-order valence-corrected chi connectivity index (χ3v) is 11.7. The normalized spacial score (nSPS) is 25.6. The van der Waals surface area contributed by atoms with Crippen LogP contribution in [0, 0.1) is 18.2 Å². The number of anilines is 1. The molecule has 4 aliphatic rings. The number of hydrogen-bond donors (Lipinski definition) is 1. The monoisotopic (exact) mass is 670 g/mol. The molecule has 1 spiro atoms. The Balaban J connectivity index is 0.993. The minimum atomic E-state index is -4.83. The van der Waals surface area contributed by atoms with Crippen LogP contribution in [0.3, 0.4) is 0 Å². The molecule has 2 atom stereocenters. The number of carboxylic acids is 1. The van der Waals surface area contributed by atoms with Crippen LogP contribution in [-0.2, 0) is 6.54 Å². The molecule has 8 nitrogen and oxygen atoms in total. The number of alkyl halides is 3. The summed E-state index contributed by atoms with van der Waals surface area (Å²) in [5.74, 6) is -1.06. The van der Waals surface area contributed by atoms with E-state index in [-0.39, 0.29) is 28.2 Å². The molecule has 2 saturated heterocycles. The van der Waals surface area contributed by atoms with Gasteiger partial charge in [-0.1, -0.05) is 28.6 Å². The molecule has 2 saturated carbocycles. The molecule has 1 N–H and O–H groups in total. The lowest BCUT2D eigenvalue weighted by Crippen LogP contribution is -2.57. The van der Waals surface area contributed by atoms with E-state index in [4.69, 9.17) is 4.52 Å². The highest BCUT2D eigenvalue weighted by atomic mass is 32.1. The van der Waals surface area contributed by atoms with Gasteiger partial charge in [0.05, 0.1) is 10.3 Å². The Morgan fingerprint density at radius 1 is 1.15 bits per heavy atom. The van der Waals surface area contributed by atoms with Gasteiger partial charge in [0.15, 0.2) is 10.9 Å². The van der Waals surface area contributed by atoms with Crippen LogP contribution >= 0.6 is 11.3 Å². The molecule has 248 valence electrons. The van der Waals surface area contributed by atoms with E-state index in [2.05, 4.69) is 31.7 Å². The zero-order valence-corrected chi connectivity index (χ0v) is 26.8. The van der Waals surface area contributed by atoms with Crippen molar-refractivity contribution in [1.82, 2.24) is 15.0 Å². The molecule has 4 heterocycles. The minimum Gasteiger partial charge on any atom is -0.478 e. The molecule has 4 aromatic rings. The second kappa shape index (κ2) is 10.9. The van der Waals surface area contributed by atoms with Crippen molar-refractivity contribution in [3.63, 3.8) is 0 Å². The number of carboxylic acid groups (broad SMARTS) is 1. The van der Waals surface area contributed by atoms with E-state index < -0.39 is 18.1 Å². The Kier molecular flexibility index (Phi) is 7.11. The van der Waals surface area contributed by atoms with E-state index in [1.54, 1.807) is 19.1 Å². The Bertz CT molecular complexity index is 1860. The van der Waals surface area contributed by atoms with Gasteiger partial charge in [0.2, 0.25) is 0 Å². The molecular weight excluding hydrogens is 636 g/mol. The summed E-state index contributed by atoms with van der Waals surface area (Å²) in [6.45, 7) is 2.27. The second-order valence-corrected chi connectivity index (χ2v) is 14.9. The summed E-state index contributed by atoms with van der Waals surface area (Å²) in [4.78, 5) is 20.7. The molecule has 2 aliphatic carbocycles. The molecule has 4 fully saturated rings. The van der Waals surface area contributed by atoms with Crippen molar-refractivity contribution in [2.45, 2.75) is 95.2 Å². The van der Waals surface area contributed by atoms with Gasteiger partial charge in [0, 0.05) is 41.7 Å². The molecule has 0 amide bonds. The van der Waals surface area contributed by atoms with E-state index in [1.807, 2.05) is 0 Å². The van der Waals surface area contributed by atoms with Crippen molar-refractivity contribution < 1.29 is 36.7 Å². The maximum Gasteiger partial charge on any atom is 0.573 e. The topological polar surface area (TPSA) is 91.9 Å². The molecule has 8 rings (SSSR count). The third kappa shape index (κ3) is 5.44. The summed E-state index contributed by atoms with van der Waals surface area (Å²) in [5, 5.41) is 14.4. The maximum atomic E-state index is 14.7. The van der Waals surface area contributed by atoms with Gasteiger partial charge in [0.25, 0.3) is 0 Å². The highest BCUT2D eigenvalue weighted by molar-refractivity contribution is 7.22. The van der Waals surface area contributed by atoms with Gasteiger partial charge >= 0.3 is 12.3 Å². The number of fused-ring (bicyclic) bond motifs is 3. The SMILES string of the molecule is Cc1cccc(OC(F)(F)F)c1-c1noc(C2CC2)c1CN(C)C1CC2(C1)CC1CCC(C2)N1c1nc2c(F)cc(C(=O)O)cc2s1. The molecule has 13 heteroatoms. The van der Waals surface area contributed by atoms with Crippen LogP contribution in [0.15, 0.2) is 34.9 Å². The van der Waals surface area contributed by atoms with Gasteiger partial charge in [-0.05, 0) is 94.5 Å². The summed E-state index contributed by atoms with van der Waals surface area (Å²) in [5.41, 5.74) is 2.54. The van der Waals surface area contributed by atoms with Crippen molar-refractivity contribution in [3.8, 4) is 17.0 Å². The smallest absolute Gasteiger partial charge is 0.478 e. The lowest BCUT2D eigenvalue weighted by molar-refractivity contribution is -0.274. The van der Waals surface area contributed by atoms with E-state index in [0.717, 1.165) is 73.9 Å². The molecule has 2 bridgehead atoms. The Labute approximate surface area is 272 Å². The van der Waals surface area contributed by atoms with Crippen molar-refractivity contribution in [1.29, 1.82) is 0 Å². The number of aryl methyl sites for hydroxylation is 1. The first-order valence-electron chi connectivity index (χ1n) is 16.0. The fraction of sp³-hybridized carbons (Fsp3) is 0.500. The molecular formula is C34H34F4N4O4S. The molecule has 2 unspecified atom stereocenters. The largest absolute Gasteiger partial charge is 0.573 e. The van der Waals surface area contributed by atoms with Crippen LogP contribution in [-0.4, -0.2) is 57.7 Å². The lowest BCUT2D eigenvalue weighted by atomic mass is 9.58. The predicted octanol–water partition coefficient (Wildman–Crippen LogP) is 8.29. The van der Waals surface area contributed by atoms with Crippen molar-refractivity contribution >= 4 is 32.7 Å². The van der Waals surface area contributed by atoms with E-state index >= 15 is 0 Å². The number of benzene rings is 2. The number of halogens is 4. The number of piperidine rings is 1. The molecule has 2 aromatic heterocycles. The van der Waals surface area contributed by atoms with Crippen LogP contribution in [0.1, 0.15) is 84.5 Å². The number of rotatable bonds is 8. The average molecular weight is 671 g/mol. The fourth-order valence-corrected chi connectivity index (χ4v) is 9.59. The van der Waals surface area contributed by atoms with Gasteiger partial charge in [-0.25, -0.2) is 14.2 Å². The Morgan fingerprint density at radius 2 is 1.87 bits per heavy atom. The number of aromatic carboxylic acids is 1. The Morgan fingerprint density at radius 3 is 2.53 bits per heavy atom. The van der Waals surface area contributed by atoms with Gasteiger partial charge in [0.1, 0.15) is 22.7 Å². The van der Waals surface area contributed by atoms with Crippen molar-refractivity contribution in [3.05, 3.63) is 58.6 Å².